The quantitative estimate of drug-likeness (QED) is 0.839. The number of para-hydroxylation sites is 1. The number of nitrogens with zero attached hydrogens (tertiary/aromatic N) is 1. The van der Waals surface area contributed by atoms with Crippen LogP contribution in [0.25, 0.3) is 0 Å². The molecule has 0 saturated carbocycles. The van der Waals surface area contributed by atoms with Crippen molar-refractivity contribution in [3.8, 4) is 0 Å². The molecule has 1 aromatic rings. The Bertz CT molecular complexity index is 554. The van der Waals surface area contributed by atoms with Crippen LogP contribution in [0.1, 0.15) is 23.7 Å². The Kier molecular flexibility index (Phi) is 4.02. The lowest BCUT2D eigenvalue weighted by molar-refractivity contribution is -0.141. The Morgan fingerprint density at radius 3 is 2.70 bits per heavy atom. The molecule has 6 nitrogen and oxygen atoms in total. The fourth-order valence-electron chi connectivity index (χ4n) is 2.20. The average molecular weight is 277 g/mol. The molecule has 1 N–H and O–H groups in total. The van der Waals surface area contributed by atoms with E-state index < -0.39 is 17.9 Å². The van der Waals surface area contributed by atoms with Crippen molar-refractivity contribution in [2.75, 3.05) is 18.1 Å². The number of hydrogen-bond acceptors (Lipinski definition) is 4. The van der Waals surface area contributed by atoms with Crippen LogP contribution in [0.3, 0.4) is 0 Å². The van der Waals surface area contributed by atoms with E-state index in [1.807, 2.05) is 0 Å². The van der Waals surface area contributed by atoms with Gasteiger partial charge in [-0.3, -0.25) is 9.59 Å². The third-order valence-electron chi connectivity index (χ3n) is 3.16. The van der Waals surface area contributed by atoms with Crippen molar-refractivity contribution in [1.82, 2.24) is 0 Å². The van der Waals surface area contributed by atoms with E-state index in [9.17, 15) is 14.4 Å². The van der Waals surface area contributed by atoms with Gasteiger partial charge in [0.2, 0.25) is 5.91 Å². The Morgan fingerprint density at radius 1 is 1.40 bits per heavy atom. The summed E-state index contributed by atoms with van der Waals surface area (Å²) in [6.45, 7) is 2.01. The maximum absolute atomic E-state index is 11.9. The van der Waals surface area contributed by atoms with Gasteiger partial charge in [-0.25, -0.2) is 4.79 Å². The highest BCUT2D eigenvalue weighted by Crippen LogP contribution is 2.28. The fourth-order valence-corrected chi connectivity index (χ4v) is 2.20. The molecule has 1 saturated heterocycles. The maximum Gasteiger partial charge on any atom is 0.340 e. The van der Waals surface area contributed by atoms with E-state index in [4.69, 9.17) is 9.84 Å². The molecule has 0 spiro atoms. The molecule has 106 valence electrons. The van der Waals surface area contributed by atoms with Gasteiger partial charge in [-0.05, 0) is 19.1 Å². The Labute approximate surface area is 115 Å². The lowest BCUT2D eigenvalue weighted by Crippen LogP contribution is -2.27. The van der Waals surface area contributed by atoms with Crippen LogP contribution in [0.4, 0.5) is 5.69 Å². The topological polar surface area (TPSA) is 83.9 Å². The van der Waals surface area contributed by atoms with Crippen LogP contribution in [0, 0.1) is 5.92 Å². The number of ether oxygens (including phenoxy) is 1. The van der Waals surface area contributed by atoms with E-state index in [0.717, 1.165) is 0 Å². The molecule has 0 aliphatic carbocycles. The molecule has 0 aromatic heterocycles. The number of amides is 1. The first-order chi connectivity index (χ1) is 9.54. The molecule has 1 aliphatic heterocycles. The van der Waals surface area contributed by atoms with Crippen molar-refractivity contribution in [2.24, 2.45) is 5.92 Å². The number of aliphatic carboxylic acids is 1. The van der Waals surface area contributed by atoms with Crippen molar-refractivity contribution < 1.29 is 24.2 Å². The van der Waals surface area contributed by atoms with Gasteiger partial charge in [-0.2, -0.15) is 0 Å². The van der Waals surface area contributed by atoms with Crippen molar-refractivity contribution in [3.05, 3.63) is 29.8 Å². The molecule has 1 aliphatic rings. The van der Waals surface area contributed by atoms with Gasteiger partial charge in [0.15, 0.2) is 0 Å². The minimum atomic E-state index is -1.01. The second kappa shape index (κ2) is 5.73. The van der Waals surface area contributed by atoms with E-state index in [1.165, 1.54) is 4.90 Å². The molecule has 2 rings (SSSR count). The zero-order chi connectivity index (χ0) is 14.7. The fraction of sp³-hybridized carbons (Fsp3) is 0.357. The Hall–Kier alpha value is -2.37. The summed E-state index contributed by atoms with van der Waals surface area (Å²) in [7, 11) is 0. The largest absolute Gasteiger partial charge is 0.481 e. The zero-order valence-corrected chi connectivity index (χ0v) is 11.0. The van der Waals surface area contributed by atoms with E-state index in [1.54, 1.807) is 31.2 Å². The van der Waals surface area contributed by atoms with Crippen LogP contribution in [0.5, 0.6) is 0 Å². The maximum atomic E-state index is 11.9. The van der Waals surface area contributed by atoms with Gasteiger partial charge in [0.25, 0.3) is 0 Å². The second-order valence-electron chi connectivity index (χ2n) is 4.48. The lowest BCUT2D eigenvalue weighted by atomic mass is 10.1. The molecular weight excluding hydrogens is 262 g/mol. The standard InChI is InChI=1S/C14H15NO5/c1-2-20-14(19)10-5-3-4-6-11(10)15-8-9(13(17)18)7-12(15)16/h3-6,9H,2,7-8H2,1H3,(H,17,18)/t9-/m0/s1. The molecule has 0 radical (unpaired) electrons. The molecule has 1 atom stereocenters. The monoisotopic (exact) mass is 277 g/mol. The molecule has 1 amide bonds. The summed E-state index contributed by atoms with van der Waals surface area (Å²) in [5.74, 6) is -2.56. The summed E-state index contributed by atoms with van der Waals surface area (Å²) in [5.41, 5.74) is 0.674. The Balaban J connectivity index is 2.31. The van der Waals surface area contributed by atoms with Crippen LogP contribution in [-0.2, 0) is 14.3 Å². The van der Waals surface area contributed by atoms with Crippen LogP contribution >= 0.6 is 0 Å². The Morgan fingerprint density at radius 2 is 2.10 bits per heavy atom. The first-order valence-corrected chi connectivity index (χ1v) is 6.34. The SMILES string of the molecule is CCOC(=O)c1ccccc1N1C[C@@H](C(=O)O)CC1=O. The highest BCUT2D eigenvalue weighted by molar-refractivity contribution is 6.05. The van der Waals surface area contributed by atoms with Crippen LogP contribution in [-0.4, -0.2) is 36.1 Å². The van der Waals surface area contributed by atoms with Crippen molar-refractivity contribution in [2.45, 2.75) is 13.3 Å². The number of benzene rings is 1. The van der Waals surface area contributed by atoms with Gasteiger partial charge in [0.1, 0.15) is 0 Å². The number of hydrogen-bond donors (Lipinski definition) is 1. The summed E-state index contributed by atoms with van der Waals surface area (Å²) < 4.78 is 4.94. The van der Waals surface area contributed by atoms with Gasteiger partial charge in [-0.1, -0.05) is 12.1 Å². The first-order valence-electron chi connectivity index (χ1n) is 6.34. The summed E-state index contributed by atoms with van der Waals surface area (Å²) in [4.78, 5) is 36.1. The molecule has 20 heavy (non-hydrogen) atoms. The van der Waals surface area contributed by atoms with Gasteiger partial charge < -0.3 is 14.7 Å². The zero-order valence-electron chi connectivity index (χ0n) is 11.0. The molecule has 1 aromatic carbocycles. The van der Waals surface area contributed by atoms with Crippen molar-refractivity contribution in [1.29, 1.82) is 0 Å². The average Bonchev–Trinajstić information content (AvgIpc) is 2.81. The number of carboxylic acid groups (broad SMARTS) is 1. The minimum Gasteiger partial charge on any atom is -0.481 e. The van der Waals surface area contributed by atoms with Crippen LogP contribution < -0.4 is 4.90 Å². The highest BCUT2D eigenvalue weighted by atomic mass is 16.5. The molecule has 0 unspecified atom stereocenters. The van der Waals surface area contributed by atoms with Gasteiger partial charge in [0.05, 0.1) is 23.8 Å². The third-order valence-corrected chi connectivity index (χ3v) is 3.16. The summed E-state index contributed by atoms with van der Waals surface area (Å²) in [6.07, 6.45) is -0.0491. The predicted octanol–water partition coefficient (Wildman–Crippen LogP) is 1.30. The van der Waals surface area contributed by atoms with Crippen LogP contribution in [0.2, 0.25) is 0 Å². The summed E-state index contributed by atoms with van der Waals surface area (Å²) in [5, 5.41) is 8.99. The summed E-state index contributed by atoms with van der Waals surface area (Å²) in [6, 6.07) is 6.55. The summed E-state index contributed by atoms with van der Waals surface area (Å²) >= 11 is 0. The molecule has 6 heteroatoms. The first kappa shape index (κ1) is 14.0. The normalized spacial score (nSPS) is 18.1. The van der Waals surface area contributed by atoms with Crippen LogP contribution in [0.15, 0.2) is 24.3 Å². The van der Waals surface area contributed by atoms with Crippen molar-refractivity contribution in [3.63, 3.8) is 0 Å². The number of carbonyl (C=O) groups is 3. The minimum absolute atomic E-state index is 0.0491. The van der Waals surface area contributed by atoms with Gasteiger partial charge in [-0.15, -0.1) is 0 Å². The van der Waals surface area contributed by atoms with Gasteiger partial charge in [0, 0.05) is 13.0 Å². The number of esters is 1. The number of anilines is 1. The molecule has 1 heterocycles. The molecule has 0 bridgehead atoms. The van der Waals surface area contributed by atoms with Crippen molar-refractivity contribution >= 4 is 23.5 Å². The molecule has 1 fully saturated rings. The smallest absolute Gasteiger partial charge is 0.340 e. The molecular formula is C14H15NO5. The van der Waals surface area contributed by atoms with E-state index in [0.29, 0.717) is 5.69 Å². The van der Waals surface area contributed by atoms with E-state index in [2.05, 4.69) is 0 Å². The predicted molar refractivity (Wildman–Crippen MR) is 70.5 cm³/mol. The van der Waals surface area contributed by atoms with E-state index in [-0.39, 0.29) is 31.0 Å². The highest BCUT2D eigenvalue weighted by Gasteiger charge is 2.36. The van der Waals surface area contributed by atoms with Gasteiger partial charge >= 0.3 is 11.9 Å². The number of carbonyl (C=O) groups excluding carboxylic acids is 2. The van der Waals surface area contributed by atoms with E-state index >= 15 is 0 Å². The number of rotatable bonds is 4. The second-order valence-corrected chi connectivity index (χ2v) is 4.48. The third kappa shape index (κ3) is 2.64. The number of carboxylic acids is 1. The lowest BCUT2D eigenvalue weighted by Gasteiger charge is -2.19.